The molecule has 2 aliphatic heterocycles. The summed E-state index contributed by atoms with van der Waals surface area (Å²) in [4.78, 5) is 9.27. The lowest BCUT2D eigenvalue weighted by molar-refractivity contribution is 0.166. The maximum atomic E-state index is 4.39. The summed E-state index contributed by atoms with van der Waals surface area (Å²) < 4.78 is 1.87. The van der Waals surface area contributed by atoms with E-state index < -0.39 is 0 Å². The topological polar surface area (TPSA) is 49.2 Å². The molecule has 144 valence electrons. The number of allylic oxidation sites excluding steroid dienone is 2. The number of rotatable bonds is 3. The Morgan fingerprint density at radius 2 is 2.03 bits per heavy atom. The van der Waals surface area contributed by atoms with Crippen molar-refractivity contribution in [2.45, 2.75) is 18.1 Å². The van der Waals surface area contributed by atoms with Gasteiger partial charge in [-0.15, -0.1) is 0 Å². The minimum absolute atomic E-state index is 0.192. The highest BCUT2D eigenvalue weighted by Crippen LogP contribution is 2.55. The van der Waals surface area contributed by atoms with Crippen LogP contribution in [0.1, 0.15) is 11.1 Å². The zero-order chi connectivity index (χ0) is 19.4. The van der Waals surface area contributed by atoms with E-state index in [1.807, 2.05) is 30.3 Å². The molecule has 2 aromatic heterocycles. The van der Waals surface area contributed by atoms with E-state index in [0.29, 0.717) is 0 Å². The SMILES string of the molecule is Cn1cc(CN2CN(c3ccncc3)C3C=CC=C4Nc5ccccc5C432)cn1. The molecule has 2 atom stereocenters. The summed E-state index contributed by atoms with van der Waals surface area (Å²) in [6, 6.07) is 13.1. The summed E-state index contributed by atoms with van der Waals surface area (Å²) in [6.07, 6.45) is 14.6. The van der Waals surface area contributed by atoms with Crippen molar-refractivity contribution in [3.05, 3.63) is 96.2 Å². The Balaban J connectivity index is 1.53. The Morgan fingerprint density at radius 3 is 2.86 bits per heavy atom. The van der Waals surface area contributed by atoms with Crippen molar-refractivity contribution in [2.75, 3.05) is 16.9 Å². The molecule has 29 heavy (non-hydrogen) atoms. The third-order valence-electron chi connectivity index (χ3n) is 6.29. The minimum Gasteiger partial charge on any atom is -0.357 e. The van der Waals surface area contributed by atoms with Crippen LogP contribution in [0.3, 0.4) is 0 Å². The molecular formula is C23H22N6. The molecule has 0 amide bonds. The van der Waals surface area contributed by atoms with Crippen molar-refractivity contribution in [1.29, 1.82) is 0 Å². The molecule has 1 saturated heterocycles. The lowest BCUT2D eigenvalue weighted by atomic mass is 9.78. The zero-order valence-corrected chi connectivity index (χ0v) is 16.2. The second kappa shape index (κ2) is 6.06. The third kappa shape index (κ3) is 2.26. The maximum Gasteiger partial charge on any atom is 0.115 e. The number of aromatic nitrogens is 3. The van der Waals surface area contributed by atoms with Gasteiger partial charge in [0.15, 0.2) is 0 Å². The van der Waals surface area contributed by atoms with E-state index in [4.69, 9.17) is 0 Å². The maximum absolute atomic E-state index is 4.39. The molecular weight excluding hydrogens is 360 g/mol. The van der Waals surface area contributed by atoms with Gasteiger partial charge in [-0.2, -0.15) is 5.10 Å². The Kier molecular flexibility index (Phi) is 3.46. The highest BCUT2D eigenvalue weighted by Gasteiger charge is 2.59. The fraction of sp³-hybridized carbons (Fsp3) is 0.217. The number of para-hydroxylation sites is 1. The number of nitrogens with one attached hydrogen (secondary N) is 1. The fourth-order valence-corrected chi connectivity index (χ4v) is 5.16. The van der Waals surface area contributed by atoms with Gasteiger partial charge in [-0.25, -0.2) is 0 Å². The average molecular weight is 382 g/mol. The van der Waals surface area contributed by atoms with Crippen molar-refractivity contribution in [2.24, 2.45) is 7.05 Å². The molecule has 3 aliphatic rings. The lowest BCUT2D eigenvalue weighted by Gasteiger charge is -2.40. The van der Waals surface area contributed by atoms with Crippen molar-refractivity contribution >= 4 is 11.4 Å². The van der Waals surface area contributed by atoms with Gasteiger partial charge in [0.1, 0.15) is 5.54 Å². The number of nitrogens with zero attached hydrogens (tertiary/aromatic N) is 5. The van der Waals surface area contributed by atoms with Crippen LogP contribution in [-0.4, -0.2) is 32.4 Å². The number of fused-ring (bicyclic) bond motifs is 1. The van der Waals surface area contributed by atoms with E-state index in [9.17, 15) is 0 Å². The summed E-state index contributed by atoms with van der Waals surface area (Å²) in [5.74, 6) is 0. The number of aryl methyl sites for hydroxylation is 1. The highest BCUT2D eigenvalue weighted by molar-refractivity contribution is 5.73. The number of hydrogen-bond acceptors (Lipinski definition) is 5. The second-order valence-corrected chi connectivity index (χ2v) is 7.88. The number of benzene rings is 1. The van der Waals surface area contributed by atoms with Gasteiger partial charge in [0.05, 0.1) is 18.9 Å². The smallest absolute Gasteiger partial charge is 0.115 e. The van der Waals surface area contributed by atoms with Crippen LogP contribution < -0.4 is 10.2 Å². The van der Waals surface area contributed by atoms with Gasteiger partial charge in [0.25, 0.3) is 0 Å². The van der Waals surface area contributed by atoms with E-state index in [-0.39, 0.29) is 11.6 Å². The van der Waals surface area contributed by atoms with Crippen LogP contribution >= 0.6 is 0 Å². The van der Waals surface area contributed by atoms with Gasteiger partial charge in [0, 0.05) is 60.4 Å². The molecule has 0 bridgehead atoms. The normalized spacial score (nSPS) is 24.7. The first-order chi connectivity index (χ1) is 14.3. The molecule has 1 fully saturated rings. The first-order valence-corrected chi connectivity index (χ1v) is 9.91. The minimum atomic E-state index is -0.246. The summed E-state index contributed by atoms with van der Waals surface area (Å²) >= 11 is 0. The van der Waals surface area contributed by atoms with Crippen LogP contribution in [-0.2, 0) is 19.1 Å². The van der Waals surface area contributed by atoms with Crippen LogP contribution in [0.2, 0.25) is 0 Å². The van der Waals surface area contributed by atoms with Gasteiger partial charge in [0.2, 0.25) is 0 Å². The van der Waals surface area contributed by atoms with Crippen LogP contribution in [0.25, 0.3) is 0 Å². The first-order valence-electron chi connectivity index (χ1n) is 9.91. The van der Waals surface area contributed by atoms with Gasteiger partial charge in [-0.1, -0.05) is 30.4 Å². The highest BCUT2D eigenvalue weighted by atomic mass is 15.5. The van der Waals surface area contributed by atoms with E-state index in [2.05, 4.69) is 86.0 Å². The number of anilines is 2. The molecule has 2 unspecified atom stereocenters. The average Bonchev–Trinajstić information content (AvgIpc) is 3.42. The molecule has 3 aromatic rings. The van der Waals surface area contributed by atoms with Crippen LogP contribution in [0.5, 0.6) is 0 Å². The molecule has 4 heterocycles. The Morgan fingerprint density at radius 1 is 1.17 bits per heavy atom. The summed E-state index contributed by atoms with van der Waals surface area (Å²) in [5.41, 5.74) is 5.93. The van der Waals surface area contributed by atoms with Crippen LogP contribution in [0, 0.1) is 0 Å². The second-order valence-electron chi connectivity index (χ2n) is 7.88. The van der Waals surface area contributed by atoms with Gasteiger partial charge < -0.3 is 10.2 Å². The Labute approximate surface area is 169 Å². The van der Waals surface area contributed by atoms with E-state index in [1.54, 1.807) is 0 Å². The molecule has 1 N–H and O–H groups in total. The van der Waals surface area contributed by atoms with E-state index in [1.165, 1.54) is 28.2 Å². The predicted octanol–water partition coefficient (Wildman–Crippen LogP) is 3.24. The summed E-state index contributed by atoms with van der Waals surface area (Å²) in [5, 5.41) is 8.09. The molecule has 0 radical (unpaired) electrons. The van der Waals surface area contributed by atoms with E-state index >= 15 is 0 Å². The predicted molar refractivity (Wildman–Crippen MR) is 113 cm³/mol. The first kappa shape index (κ1) is 16.6. The van der Waals surface area contributed by atoms with Crippen molar-refractivity contribution in [1.82, 2.24) is 19.7 Å². The monoisotopic (exact) mass is 382 g/mol. The fourth-order valence-electron chi connectivity index (χ4n) is 5.16. The Hall–Kier alpha value is -3.38. The standard InChI is InChI=1S/C23H22N6/c1-27-14-17(13-25-27)15-28-16-29(18-9-11-24-12-10-18)22-8-4-7-21-23(22,28)19-5-2-3-6-20(19)26-21/h2-14,22,26H,15-16H2,1H3. The van der Waals surface area contributed by atoms with Crippen LogP contribution in [0.4, 0.5) is 11.4 Å². The summed E-state index contributed by atoms with van der Waals surface area (Å²) in [7, 11) is 1.97. The molecule has 6 nitrogen and oxygen atoms in total. The largest absolute Gasteiger partial charge is 0.357 e. The number of hydrogen-bond donors (Lipinski definition) is 1. The Bertz CT molecular complexity index is 1130. The molecule has 1 aliphatic carbocycles. The van der Waals surface area contributed by atoms with E-state index in [0.717, 1.165) is 13.2 Å². The molecule has 0 saturated carbocycles. The van der Waals surface area contributed by atoms with Gasteiger partial charge >= 0.3 is 0 Å². The van der Waals surface area contributed by atoms with Crippen molar-refractivity contribution < 1.29 is 0 Å². The third-order valence-corrected chi connectivity index (χ3v) is 6.29. The quantitative estimate of drug-likeness (QED) is 0.754. The molecule has 1 spiro atoms. The number of pyridine rings is 1. The summed E-state index contributed by atoms with van der Waals surface area (Å²) in [6.45, 7) is 1.65. The molecule has 1 aromatic carbocycles. The molecule has 6 rings (SSSR count). The lowest BCUT2D eigenvalue weighted by Crippen LogP contribution is -2.49. The van der Waals surface area contributed by atoms with Gasteiger partial charge in [-0.3, -0.25) is 14.6 Å². The van der Waals surface area contributed by atoms with Crippen molar-refractivity contribution in [3.8, 4) is 0 Å². The van der Waals surface area contributed by atoms with Crippen LogP contribution in [0.15, 0.2) is 85.1 Å². The van der Waals surface area contributed by atoms with Crippen molar-refractivity contribution in [3.63, 3.8) is 0 Å². The van der Waals surface area contributed by atoms with Gasteiger partial charge in [-0.05, 0) is 24.3 Å². The zero-order valence-electron chi connectivity index (χ0n) is 16.2. The molecule has 6 heteroatoms.